The fourth-order valence-electron chi connectivity index (χ4n) is 2.48. The molecule has 0 aliphatic rings. The van der Waals surface area contributed by atoms with E-state index in [2.05, 4.69) is 18.8 Å². The van der Waals surface area contributed by atoms with Crippen molar-refractivity contribution >= 4 is 5.78 Å². The van der Waals surface area contributed by atoms with Gasteiger partial charge in [0.25, 0.3) is 0 Å². The molecule has 1 aromatic rings. The number of ether oxygens (including phenoxy) is 1. The lowest BCUT2D eigenvalue weighted by atomic mass is 10.1. The van der Waals surface area contributed by atoms with Crippen LogP contribution < -0.4 is 4.74 Å². The summed E-state index contributed by atoms with van der Waals surface area (Å²) in [6.45, 7) is 2.25. The SMILES string of the molecule is CCCCCCCCCCCC#CC(=O)c1ccc(OC)cc1. The molecule has 0 heterocycles. The second-order valence-electron chi connectivity index (χ2n) is 5.94. The van der Waals surface area contributed by atoms with Crippen molar-refractivity contribution in [1.29, 1.82) is 0 Å². The van der Waals surface area contributed by atoms with Gasteiger partial charge in [-0.15, -0.1) is 0 Å². The van der Waals surface area contributed by atoms with Crippen LogP contribution in [-0.2, 0) is 0 Å². The average molecular weight is 314 g/mol. The molecule has 0 amide bonds. The number of hydrogen-bond acceptors (Lipinski definition) is 2. The zero-order valence-electron chi connectivity index (χ0n) is 14.7. The Hall–Kier alpha value is -1.75. The summed E-state index contributed by atoms with van der Waals surface area (Å²) >= 11 is 0. The summed E-state index contributed by atoms with van der Waals surface area (Å²) in [6, 6.07) is 7.09. The second-order valence-corrected chi connectivity index (χ2v) is 5.94. The first-order valence-electron chi connectivity index (χ1n) is 8.95. The molecular formula is C21H30O2. The third kappa shape index (κ3) is 9.08. The number of benzene rings is 1. The summed E-state index contributed by atoms with van der Waals surface area (Å²) in [7, 11) is 1.61. The summed E-state index contributed by atoms with van der Waals surface area (Å²) in [5, 5.41) is 0. The molecule has 126 valence electrons. The lowest BCUT2D eigenvalue weighted by molar-refractivity contribution is 0.105. The Kier molecular flexibility index (Phi) is 10.7. The van der Waals surface area contributed by atoms with E-state index in [9.17, 15) is 4.79 Å². The summed E-state index contributed by atoms with van der Waals surface area (Å²) in [5.41, 5.74) is 0.630. The Morgan fingerprint density at radius 3 is 2.04 bits per heavy atom. The van der Waals surface area contributed by atoms with E-state index in [0.29, 0.717) is 5.56 Å². The van der Waals surface area contributed by atoms with E-state index < -0.39 is 0 Å². The van der Waals surface area contributed by atoms with Gasteiger partial charge in [-0.2, -0.15) is 0 Å². The van der Waals surface area contributed by atoms with Crippen LogP contribution in [0, 0.1) is 11.8 Å². The van der Waals surface area contributed by atoms with E-state index in [4.69, 9.17) is 4.74 Å². The van der Waals surface area contributed by atoms with Crippen LogP contribution in [0.25, 0.3) is 0 Å². The van der Waals surface area contributed by atoms with Crippen LogP contribution in [0.4, 0.5) is 0 Å². The number of hydrogen-bond donors (Lipinski definition) is 0. The highest BCUT2D eigenvalue weighted by molar-refractivity contribution is 6.09. The van der Waals surface area contributed by atoms with Gasteiger partial charge < -0.3 is 4.74 Å². The maximum atomic E-state index is 11.9. The van der Waals surface area contributed by atoms with Gasteiger partial charge in [-0.25, -0.2) is 0 Å². The molecule has 0 N–H and O–H groups in total. The summed E-state index contributed by atoms with van der Waals surface area (Å²) < 4.78 is 5.07. The first-order chi connectivity index (χ1) is 11.3. The van der Waals surface area contributed by atoms with Crippen molar-refractivity contribution in [3.05, 3.63) is 29.8 Å². The van der Waals surface area contributed by atoms with Gasteiger partial charge >= 0.3 is 0 Å². The number of carbonyl (C=O) groups is 1. The molecule has 0 aromatic heterocycles. The van der Waals surface area contributed by atoms with E-state index in [0.717, 1.165) is 18.6 Å². The summed E-state index contributed by atoms with van der Waals surface area (Å²) in [6.07, 6.45) is 12.6. The monoisotopic (exact) mass is 314 g/mol. The quantitative estimate of drug-likeness (QED) is 0.223. The molecule has 0 aliphatic heterocycles. The highest BCUT2D eigenvalue weighted by atomic mass is 16.5. The number of ketones is 1. The number of methoxy groups -OCH3 is 1. The van der Waals surface area contributed by atoms with Gasteiger partial charge in [0.1, 0.15) is 5.75 Å². The highest BCUT2D eigenvalue weighted by Crippen LogP contribution is 2.12. The average Bonchev–Trinajstić information content (AvgIpc) is 2.59. The van der Waals surface area contributed by atoms with Gasteiger partial charge in [0.05, 0.1) is 7.11 Å². The molecule has 0 aliphatic carbocycles. The smallest absolute Gasteiger partial charge is 0.235 e. The van der Waals surface area contributed by atoms with Crippen molar-refractivity contribution in [1.82, 2.24) is 0 Å². The molecule has 0 saturated carbocycles. The minimum atomic E-state index is -0.108. The fraction of sp³-hybridized carbons (Fsp3) is 0.571. The number of carbonyl (C=O) groups excluding carboxylic acids is 1. The summed E-state index contributed by atoms with van der Waals surface area (Å²) in [4.78, 5) is 11.9. The lowest BCUT2D eigenvalue weighted by Gasteiger charge is -2.00. The van der Waals surface area contributed by atoms with Crippen LogP contribution in [0.2, 0.25) is 0 Å². The van der Waals surface area contributed by atoms with Gasteiger partial charge in [0.2, 0.25) is 5.78 Å². The predicted octanol–water partition coefficient (Wildman–Crippen LogP) is 5.80. The van der Waals surface area contributed by atoms with Crippen molar-refractivity contribution in [2.24, 2.45) is 0 Å². The molecule has 0 fully saturated rings. The molecule has 1 rings (SSSR count). The molecule has 1 aromatic carbocycles. The standard InChI is InChI=1S/C21H30O2/c1-3-4-5-6-7-8-9-10-11-12-13-14-21(22)19-15-17-20(23-2)18-16-19/h15-18H,3-12H2,1-2H3. The third-order valence-electron chi connectivity index (χ3n) is 3.96. The number of Topliss-reactive ketones (excluding diaryl/α,β-unsaturated/α-hetero) is 1. The van der Waals surface area contributed by atoms with Gasteiger partial charge in [-0.1, -0.05) is 64.2 Å². The Bertz CT molecular complexity index is 491. The molecule has 0 bridgehead atoms. The maximum Gasteiger partial charge on any atom is 0.235 e. The van der Waals surface area contributed by atoms with Crippen molar-refractivity contribution in [3.63, 3.8) is 0 Å². The molecular weight excluding hydrogens is 284 g/mol. The topological polar surface area (TPSA) is 26.3 Å². The molecule has 0 unspecified atom stereocenters. The Balaban J connectivity index is 2.09. The fourth-order valence-corrected chi connectivity index (χ4v) is 2.48. The molecule has 0 spiro atoms. The van der Waals surface area contributed by atoms with Crippen molar-refractivity contribution in [2.75, 3.05) is 7.11 Å². The van der Waals surface area contributed by atoms with Gasteiger partial charge in [0, 0.05) is 12.0 Å². The third-order valence-corrected chi connectivity index (χ3v) is 3.96. The van der Waals surface area contributed by atoms with Crippen LogP contribution in [0.15, 0.2) is 24.3 Å². The minimum absolute atomic E-state index is 0.108. The van der Waals surface area contributed by atoms with Gasteiger partial charge in [-0.3, -0.25) is 4.79 Å². The molecule has 0 atom stereocenters. The first kappa shape index (κ1) is 19.3. The van der Waals surface area contributed by atoms with E-state index in [-0.39, 0.29) is 5.78 Å². The zero-order valence-corrected chi connectivity index (χ0v) is 14.7. The first-order valence-corrected chi connectivity index (χ1v) is 8.95. The zero-order chi connectivity index (χ0) is 16.8. The van der Waals surface area contributed by atoms with Crippen LogP contribution in [0.1, 0.15) is 81.5 Å². The van der Waals surface area contributed by atoms with E-state index in [1.165, 1.54) is 51.4 Å². The normalized spacial score (nSPS) is 10.0. The molecule has 2 nitrogen and oxygen atoms in total. The van der Waals surface area contributed by atoms with Gasteiger partial charge in [0.15, 0.2) is 0 Å². The van der Waals surface area contributed by atoms with Crippen LogP contribution in [0.3, 0.4) is 0 Å². The van der Waals surface area contributed by atoms with Crippen molar-refractivity contribution in [2.45, 2.75) is 71.1 Å². The van der Waals surface area contributed by atoms with Crippen molar-refractivity contribution in [3.8, 4) is 17.6 Å². The lowest BCUT2D eigenvalue weighted by Crippen LogP contribution is -1.94. The molecule has 2 heteroatoms. The highest BCUT2D eigenvalue weighted by Gasteiger charge is 2.01. The van der Waals surface area contributed by atoms with Crippen molar-refractivity contribution < 1.29 is 9.53 Å². The molecule has 0 radical (unpaired) electrons. The second kappa shape index (κ2) is 12.8. The number of rotatable bonds is 11. The maximum absolute atomic E-state index is 11.9. The van der Waals surface area contributed by atoms with Gasteiger partial charge in [-0.05, 0) is 36.6 Å². The van der Waals surface area contributed by atoms with E-state index in [1.54, 1.807) is 31.4 Å². The van der Waals surface area contributed by atoms with E-state index >= 15 is 0 Å². The van der Waals surface area contributed by atoms with E-state index in [1.807, 2.05) is 0 Å². The minimum Gasteiger partial charge on any atom is -0.497 e. The summed E-state index contributed by atoms with van der Waals surface area (Å²) in [5.74, 6) is 6.38. The van der Waals surface area contributed by atoms with Crippen LogP contribution >= 0.6 is 0 Å². The Morgan fingerprint density at radius 2 is 1.48 bits per heavy atom. The van der Waals surface area contributed by atoms with Crippen LogP contribution in [0.5, 0.6) is 5.75 Å². The Labute approximate surface area is 141 Å². The predicted molar refractivity (Wildman–Crippen MR) is 96.9 cm³/mol. The number of unbranched alkanes of at least 4 members (excludes halogenated alkanes) is 9. The Morgan fingerprint density at radius 1 is 0.913 bits per heavy atom. The molecule has 0 saturated heterocycles. The van der Waals surface area contributed by atoms with Crippen LogP contribution in [-0.4, -0.2) is 12.9 Å². The largest absolute Gasteiger partial charge is 0.497 e. The molecule has 23 heavy (non-hydrogen) atoms.